The molecule has 1 saturated heterocycles. The molecule has 0 bridgehead atoms. The van der Waals surface area contributed by atoms with E-state index in [1.165, 1.54) is 36.4 Å². The van der Waals surface area contributed by atoms with Gasteiger partial charge < -0.3 is 24.8 Å². The standard InChI is InChI=1S/C25H22N4O7S2/c1-34-23(32)16-13-38-24(26-16)28-21(30)17(9-14-7-8-37-12-14)29-22(31)20(27-25(29)33)19-11-35-10-18(36-19)15-5-3-2-4-6-15/h2-3,5,7-8,10-13,17,20H,4,6,9H2,1H3,(H,27,33)(H,26,28,30)/t17-,20+/m0/s1. The van der Waals surface area contributed by atoms with Crippen molar-refractivity contribution in [3.8, 4) is 0 Å². The molecular weight excluding hydrogens is 532 g/mol. The lowest BCUT2D eigenvalue weighted by Gasteiger charge is -2.25. The van der Waals surface area contributed by atoms with Gasteiger partial charge in [0, 0.05) is 11.8 Å². The summed E-state index contributed by atoms with van der Waals surface area (Å²) < 4.78 is 16.0. The van der Waals surface area contributed by atoms with Gasteiger partial charge in [-0.15, -0.1) is 11.3 Å². The van der Waals surface area contributed by atoms with Gasteiger partial charge >= 0.3 is 12.0 Å². The zero-order valence-electron chi connectivity index (χ0n) is 20.0. The largest absolute Gasteiger partial charge is 0.465 e. The van der Waals surface area contributed by atoms with E-state index in [1.54, 1.807) is 0 Å². The van der Waals surface area contributed by atoms with Crippen LogP contribution in [0.2, 0.25) is 0 Å². The number of hydrogen-bond acceptors (Lipinski definition) is 10. The lowest BCUT2D eigenvalue weighted by molar-refractivity contribution is -0.134. The third-order valence-electron chi connectivity index (χ3n) is 5.93. The second kappa shape index (κ2) is 11.0. The van der Waals surface area contributed by atoms with Crippen molar-refractivity contribution in [1.29, 1.82) is 0 Å². The quantitative estimate of drug-likeness (QED) is 0.374. The minimum atomic E-state index is -1.20. The third-order valence-corrected chi connectivity index (χ3v) is 7.42. The molecule has 2 aliphatic heterocycles. The lowest BCUT2D eigenvalue weighted by Crippen LogP contribution is -2.49. The smallest absolute Gasteiger partial charge is 0.357 e. The number of aromatic nitrogens is 1. The number of allylic oxidation sites excluding steroid dienone is 4. The monoisotopic (exact) mass is 554 g/mol. The molecule has 0 unspecified atom stereocenters. The highest BCUT2D eigenvalue weighted by atomic mass is 32.1. The van der Waals surface area contributed by atoms with Gasteiger partial charge in [0.05, 0.1) is 7.11 Å². The molecule has 1 aliphatic carbocycles. The highest BCUT2D eigenvalue weighted by molar-refractivity contribution is 7.14. The minimum Gasteiger partial charge on any atom is -0.465 e. The van der Waals surface area contributed by atoms with Crippen molar-refractivity contribution >= 4 is 51.6 Å². The number of nitrogens with zero attached hydrogens (tertiary/aromatic N) is 2. The van der Waals surface area contributed by atoms with Gasteiger partial charge in [0.2, 0.25) is 5.91 Å². The van der Waals surface area contributed by atoms with Gasteiger partial charge in [-0.2, -0.15) is 11.3 Å². The van der Waals surface area contributed by atoms with Gasteiger partial charge in [0.15, 0.2) is 28.4 Å². The number of ether oxygens (including phenoxy) is 3. The van der Waals surface area contributed by atoms with Crippen LogP contribution in [0.25, 0.3) is 0 Å². The number of esters is 1. The number of rotatable bonds is 8. The van der Waals surface area contributed by atoms with Gasteiger partial charge in [0.1, 0.15) is 18.6 Å². The van der Waals surface area contributed by atoms with E-state index in [9.17, 15) is 19.2 Å². The number of nitrogens with one attached hydrogen (secondary N) is 2. The summed E-state index contributed by atoms with van der Waals surface area (Å²) in [5.41, 5.74) is 1.70. The molecule has 2 N–H and O–H groups in total. The third kappa shape index (κ3) is 5.24. The molecule has 11 nitrogen and oxygen atoms in total. The summed E-state index contributed by atoms with van der Waals surface area (Å²) in [6.45, 7) is 0. The Morgan fingerprint density at radius 1 is 1.32 bits per heavy atom. The molecule has 2 aromatic heterocycles. The maximum Gasteiger partial charge on any atom is 0.357 e. The number of carbonyl (C=O) groups is 4. The summed E-state index contributed by atoms with van der Waals surface area (Å²) in [5, 5.41) is 10.5. The van der Waals surface area contributed by atoms with E-state index < -0.39 is 35.9 Å². The molecule has 0 spiro atoms. The average molecular weight is 555 g/mol. The van der Waals surface area contributed by atoms with Gasteiger partial charge in [-0.1, -0.05) is 18.2 Å². The van der Waals surface area contributed by atoms with E-state index >= 15 is 0 Å². The van der Waals surface area contributed by atoms with Crippen LogP contribution in [0.15, 0.2) is 70.1 Å². The number of anilines is 1. The van der Waals surface area contributed by atoms with Crippen LogP contribution in [0.4, 0.5) is 9.93 Å². The molecule has 0 aromatic carbocycles. The molecule has 4 amide bonds. The van der Waals surface area contributed by atoms with Crippen LogP contribution in [-0.4, -0.2) is 52.9 Å². The zero-order valence-corrected chi connectivity index (χ0v) is 21.7. The Hall–Kier alpha value is -4.23. The zero-order chi connectivity index (χ0) is 26.6. The molecule has 4 heterocycles. The number of thiazole rings is 1. The van der Waals surface area contributed by atoms with Crippen LogP contribution in [0.1, 0.15) is 28.9 Å². The number of urea groups is 1. The SMILES string of the molecule is COC(=O)c1csc(NC(=O)[C@H](Cc2ccsc2)N2C(=O)N[C@H](C3=COC=C(C4=CC=CCC4)O3)C2=O)n1. The van der Waals surface area contributed by atoms with Crippen LogP contribution in [-0.2, 0) is 30.2 Å². The molecule has 5 rings (SSSR count). The first-order valence-corrected chi connectivity index (χ1v) is 13.4. The summed E-state index contributed by atoms with van der Waals surface area (Å²) >= 11 is 2.45. The van der Waals surface area contributed by atoms with Crippen molar-refractivity contribution in [3.05, 3.63) is 81.3 Å². The fourth-order valence-corrected chi connectivity index (χ4v) is 5.41. The van der Waals surface area contributed by atoms with E-state index in [1.807, 2.05) is 35.1 Å². The summed E-state index contributed by atoms with van der Waals surface area (Å²) in [6, 6.07) is -1.30. The first-order valence-electron chi connectivity index (χ1n) is 11.5. The number of carbonyl (C=O) groups excluding carboxylic acids is 4. The van der Waals surface area contributed by atoms with Crippen molar-refractivity contribution in [2.24, 2.45) is 0 Å². The van der Waals surface area contributed by atoms with E-state index in [0.717, 1.165) is 40.2 Å². The van der Waals surface area contributed by atoms with Crippen LogP contribution in [0.3, 0.4) is 0 Å². The Morgan fingerprint density at radius 3 is 2.92 bits per heavy atom. The average Bonchev–Trinajstić information content (AvgIpc) is 3.69. The first-order chi connectivity index (χ1) is 18.4. The number of imide groups is 1. The predicted octanol–water partition coefficient (Wildman–Crippen LogP) is 3.47. The summed E-state index contributed by atoms with van der Waals surface area (Å²) in [4.78, 5) is 56.6. The van der Waals surface area contributed by atoms with Crippen molar-refractivity contribution in [2.45, 2.75) is 31.3 Å². The molecule has 2 aromatic rings. The van der Waals surface area contributed by atoms with Gasteiger partial charge in [-0.05, 0) is 40.8 Å². The predicted molar refractivity (Wildman–Crippen MR) is 138 cm³/mol. The molecule has 1 fully saturated rings. The maximum absolute atomic E-state index is 13.5. The molecule has 3 aliphatic rings. The summed E-state index contributed by atoms with van der Waals surface area (Å²) in [7, 11) is 1.23. The molecule has 0 saturated carbocycles. The Morgan fingerprint density at radius 2 is 2.18 bits per heavy atom. The fourth-order valence-electron chi connectivity index (χ4n) is 4.05. The van der Waals surface area contributed by atoms with Crippen LogP contribution >= 0.6 is 22.7 Å². The first kappa shape index (κ1) is 25.4. The maximum atomic E-state index is 13.5. The van der Waals surface area contributed by atoms with E-state index in [2.05, 4.69) is 20.4 Å². The van der Waals surface area contributed by atoms with E-state index in [-0.39, 0.29) is 23.0 Å². The van der Waals surface area contributed by atoms with E-state index in [0.29, 0.717) is 5.76 Å². The van der Waals surface area contributed by atoms with Crippen molar-refractivity contribution in [1.82, 2.24) is 15.2 Å². The van der Waals surface area contributed by atoms with Gasteiger partial charge in [0.25, 0.3) is 5.91 Å². The van der Waals surface area contributed by atoms with Crippen LogP contribution in [0, 0.1) is 0 Å². The minimum absolute atomic E-state index is 0.0334. The number of thiophene rings is 1. The Labute approximate surface area is 225 Å². The molecule has 38 heavy (non-hydrogen) atoms. The normalized spacial score (nSPS) is 19.4. The van der Waals surface area contributed by atoms with E-state index in [4.69, 9.17) is 9.47 Å². The molecular formula is C25H22N4O7S2. The number of amides is 4. The van der Waals surface area contributed by atoms with Gasteiger partial charge in [-0.25, -0.2) is 19.5 Å². The highest BCUT2D eigenvalue weighted by Gasteiger charge is 2.47. The number of methoxy groups -OCH3 is 1. The Bertz CT molecular complexity index is 1390. The summed E-state index contributed by atoms with van der Waals surface area (Å²) in [5.74, 6) is -1.39. The number of hydrogen-bond donors (Lipinski definition) is 2. The molecule has 0 radical (unpaired) electrons. The van der Waals surface area contributed by atoms with Crippen molar-refractivity contribution < 1.29 is 33.4 Å². The fraction of sp³-hybridized carbons (Fsp3) is 0.240. The topological polar surface area (TPSA) is 136 Å². The Kier molecular flexibility index (Phi) is 7.38. The van der Waals surface area contributed by atoms with Crippen molar-refractivity contribution in [3.63, 3.8) is 0 Å². The lowest BCUT2D eigenvalue weighted by atomic mass is 10.0. The molecule has 13 heteroatoms. The van der Waals surface area contributed by atoms with Gasteiger partial charge in [-0.3, -0.25) is 9.59 Å². The highest BCUT2D eigenvalue weighted by Crippen LogP contribution is 2.30. The second-order valence-corrected chi connectivity index (χ2v) is 10.00. The van der Waals surface area contributed by atoms with Crippen molar-refractivity contribution in [2.75, 3.05) is 12.4 Å². The van der Waals surface area contributed by atoms with Crippen LogP contribution in [0.5, 0.6) is 0 Å². The second-order valence-electron chi connectivity index (χ2n) is 8.36. The molecule has 196 valence electrons. The Balaban J connectivity index is 1.35. The molecule has 2 atom stereocenters. The van der Waals surface area contributed by atoms with Crippen LogP contribution < -0.4 is 10.6 Å². The summed E-state index contributed by atoms with van der Waals surface area (Å²) in [6.07, 6.45) is 10.2.